The van der Waals surface area contributed by atoms with Gasteiger partial charge in [-0.05, 0) is 0 Å². The minimum atomic E-state index is 0.263. The van der Waals surface area contributed by atoms with Crippen molar-refractivity contribution in [2.75, 3.05) is 31.1 Å². The average molecular weight is 265 g/mol. The SMILES string of the molecule is CC.O=C(CCN1CCSCC1)c1ccccc1. The number of hydrogen-bond donors (Lipinski definition) is 0. The molecule has 100 valence electrons. The molecule has 2 rings (SSSR count). The van der Waals surface area contributed by atoms with Crippen molar-refractivity contribution < 1.29 is 4.79 Å². The highest BCUT2D eigenvalue weighted by Crippen LogP contribution is 2.10. The lowest BCUT2D eigenvalue weighted by Gasteiger charge is -2.25. The molecule has 2 nitrogen and oxygen atoms in total. The highest BCUT2D eigenvalue weighted by Gasteiger charge is 2.12. The molecule has 18 heavy (non-hydrogen) atoms. The third-order valence-electron chi connectivity index (χ3n) is 2.85. The van der Waals surface area contributed by atoms with Crippen LogP contribution in [-0.4, -0.2) is 41.8 Å². The van der Waals surface area contributed by atoms with E-state index >= 15 is 0 Å². The Morgan fingerprint density at radius 3 is 2.39 bits per heavy atom. The maximum Gasteiger partial charge on any atom is 0.164 e. The van der Waals surface area contributed by atoms with Crippen molar-refractivity contribution in [3.63, 3.8) is 0 Å². The number of carbonyl (C=O) groups excluding carboxylic acids is 1. The Morgan fingerprint density at radius 1 is 1.17 bits per heavy atom. The Kier molecular flexibility index (Phi) is 7.78. The summed E-state index contributed by atoms with van der Waals surface area (Å²) in [7, 11) is 0. The lowest BCUT2D eigenvalue weighted by atomic mass is 10.1. The first-order chi connectivity index (χ1) is 8.86. The Morgan fingerprint density at radius 2 is 1.78 bits per heavy atom. The van der Waals surface area contributed by atoms with E-state index in [4.69, 9.17) is 0 Å². The van der Waals surface area contributed by atoms with Crippen molar-refractivity contribution in [3.8, 4) is 0 Å². The summed E-state index contributed by atoms with van der Waals surface area (Å²) in [5.41, 5.74) is 0.842. The normalized spacial score (nSPS) is 15.7. The predicted octanol–water partition coefficient (Wildman–Crippen LogP) is 3.33. The minimum Gasteiger partial charge on any atom is -0.301 e. The van der Waals surface area contributed by atoms with Crippen LogP contribution in [0.2, 0.25) is 0 Å². The van der Waals surface area contributed by atoms with Gasteiger partial charge in [0.2, 0.25) is 0 Å². The van der Waals surface area contributed by atoms with E-state index in [1.165, 1.54) is 11.5 Å². The molecule has 3 heteroatoms. The van der Waals surface area contributed by atoms with E-state index in [-0.39, 0.29) is 5.78 Å². The molecule has 1 aliphatic heterocycles. The Balaban J connectivity index is 0.000000771. The van der Waals surface area contributed by atoms with Crippen molar-refractivity contribution in [3.05, 3.63) is 35.9 Å². The predicted molar refractivity (Wildman–Crippen MR) is 80.5 cm³/mol. The number of benzene rings is 1. The smallest absolute Gasteiger partial charge is 0.164 e. The van der Waals surface area contributed by atoms with Crippen molar-refractivity contribution in [2.45, 2.75) is 20.3 Å². The fourth-order valence-electron chi connectivity index (χ4n) is 1.85. The fourth-order valence-corrected chi connectivity index (χ4v) is 2.83. The lowest BCUT2D eigenvalue weighted by molar-refractivity contribution is 0.0966. The summed E-state index contributed by atoms with van der Waals surface area (Å²) in [6, 6.07) is 9.58. The van der Waals surface area contributed by atoms with Gasteiger partial charge in [-0.2, -0.15) is 11.8 Å². The van der Waals surface area contributed by atoms with Crippen molar-refractivity contribution >= 4 is 17.5 Å². The van der Waals surface area contributed by atoms with Gasteiger partial charge < -0.3 is 4.90 Å². The molecular formula is C15H23NOS. The molecule has 1 aliphatic rings. The van der Waals surface area contributed by atoms with Crippen LogP contribution in [0.1, 0.15) is 30.6 Å². The van der Waals surface area contributed by atoms with Gasteiger partial charge in [-0.25, -0.2) is 0 Å². The highest BCUT2D eigenvalue weighted by atomic mass is 32.2. The number of nitrogens with zero attached hydrogens (tertiary/aromatic N) is 1. The summed E-state index contributed by atoms with van der Waals surface area (Å²) in [5, 5.41) is 0. The second kappa shape index (κ2) is 9.17. The zero-order valence-corrected chi connectivity index (χ0v) is 12.2. The zero-order valence-electron chi connectivity index (χ0n) is 11.4. The highest BCUT2D eigenvalue weighted by molar-refractivity contribution is 7.99. The molecule has 0 spiro atoms. The monoisotopic (exact) mass is 265 g/mol. The van der Waals surface area contributed by atoms with Crippen LogP contribution in [0.5, 0.6) is 0 Å². The summed E-state index contributed by atoms with van der Waals surface area (Å²) in [6.07, 6.45) is 0.647. The molecule has 0 aromatic heterocycles. The van der Waals surface area contributed by atoms with Crippen molar-refractivity contribution in [1.82, 2.24) is 4.90 Å². The summed E-state index contributed by atoms with van der Waals surface area (Å²) < 4.78 is 0. The molecule has 0 atom stereocenters. The van der Waals surface area contributed by atoms with E-state index < -0.39 is 0 Å². The molecule has 0 N–H and O–H groups in total. The standard InChI is InChI=1S/C13H17NOS.C2H6/c15-13(12-4-2-1-3-5-12)6-7-14-8-10-16-11-9-14;1-2/h1-5H,6-11H2;1-2H3. The van der Waals surface area contributed by atoms with Crippen LogP contribution < -0.4 is 0 Å². The van der Waals surface area contributed by atoms with Gasteiger partial charge >= 0.3 is 0 Å². The number of carbonyl (C=O) groups is 1. The van der Waals surface area contributed by atoms with E-state index in [9.17, 15) is 4.79 Å². The molecule has 1 aromatic carbocycles. The quantitative estimate of drug-likeness (QED) is 0.779. The molecule has 1 aromatic rings. The van der Waals surface area contributed by atoms with Crippen molar-refractivity contribution in [2.24, 2.45) is 0 Å². The first-order valence-corrected chi connectivity index (χ1v) is 7.90. The largest absolute Gasteiger partial charge is 0.301 e. The summed E-state index contributed by atoms with van der Waals surface area (Å²) >= 11 is 2.00. The molecule has 0 saturated carbocycles. The lowest BCUT2D eigenvalue weighted by Crippen LogP contribution is -2.34. The third kappa shape index (κ3) is 5.23. The Hall–Kier alpha value is -0.800. The number of rotatable bonds is 4. The van der Waals surface area contributed by atoms with E-state index in [0.717, 1.165) is 25.2 Å². The number of Topliss-reactive ketones (excluding diaryl/α,β-unsaturated/α-hetero) is 1. The molecule has 0 unspecified atom stereocenters. The van der Waals surface area contributed by atoms with Crippen LogP contribution in [0, 0.1) is 0 Å². The average Bonchev–Trinajstić information content (AvgIpc) is 2.49. The van der Waals surface area contributed by atoms with Gasteiger partial charge in [0.1, 0.15) is 0 Å². The maximum atomic E-state index is 11.9. The van der Waals surface area contributed by atoms with Crippen LogP contribution in [0.25, 0.3) is 0 Å². The first-order valence-electron chi connectivity index (χ1n) is 6.74. The topological polar surface area (TPSA) is 20.3 Å². The summed E-state index contributed by atoms with van der Waals surface area (Å²) in [6.45, 7) is 7.17. The first kappa shape index (κ1) is 15.3. The van der Waals surface area contributed by atoms with Crippen LogP contribution in [0.4, 0.5) is 0 Å². The van der Waals surface area contributed by atoms with Crippen LogP contribution in [-0.2, 0) is 0 Å². The number of hydrogen-bond acceptors (Lipinski definition) is 3. The van der Waals surface area contributed by atoms with E-state index in [2.05, 4.69) is 4.90 Å². The Bertz CT molecular complexity index is 334. The van der Waals surface area contributed by atoms with Gasteiger partial charge in [0, 0.05) is 43.1 Å². The van der Waals surface area contributed by atoms with E-state index in [0.29, 0.717) is 6.42 Å². The number of thioether (sulfide) groups is 1. The summed E-state index contributed by atoms with van der Waals surface area (Å²) in [5.74, 6) is 2.68. The molecular weight excluding hydrogens is 242 g/mol. The molecule has 1 heterocycles. The third-order valence-corrected chi connectivity index (χ3v) is 3.80. The molecule has 0 radical (unpaired) electrons. The molecule has 1 saturated heterocycles. The maximum absolute atomic E-state index is 11.9. The van der Waals surface area contributed by atoms with Gasteiger partial charge in [-0.15, -0.1) is 0 Å². The second-order valence-electron chi connectivity index (χ2n) is 3.99. The fraction of sp³-hybridized carbons (Fsp3) is 0.533. The van der Waals surface area contributed by atoms with E-state index in [1.54, 1.807) is 0 Å². The van der Waals surface area contributed by atoms with Crippen LogP contribution >= 0.6 is 11.8 Å². The van der Waals surface area contributed by atoms with Crippen LogP contribution in [0.15, 0.2) is 30.3 Å². The molecule has 0 aliphatic carbocycles. The van der Waals surface area contributed by atoms with Gasteiger partial charge in [0.15, 0.2) is 5.78 Å². The van der Waals surface area contributed by atoms with Crippen molar-refractivity contribution in [1.29, 1.82) is 0 Å². The second-order valence-corrected chi connectivity index (χ2v) is 5.22. The van der Waals surface area contributed by atoms with Gasteiger partial charge in [-0.3, -0.25) is 4.79 Å². The zero-order chi connectivity index (χ0) is 13.2. The number of ketones is 1. The molecule has 1 fully saturated rings. The minimum absolute atomic E-state index is 0.263. The molecule has 0 bridgehead atoms. The van der Waals surface area contributed by atoms with E-state index in [1.807, 2.05) is 55.9 Å². The van der Waals surface area contributed by atoms with Crippen LogP contribution in [0.3, 0.4) is 0 Å². The van der Waals surface area contributed by atoms with Gasteiger partial charge in [0.05, 0.1) is 0 Å². The van der Waals surface area contributed by atoms with Gasteiger partial charge in [-0.1, -0.05) is 44.2 Å². The molecule has 0 amide bonds. The summed E-state index contributed by atoms with van der Waals surface area (Å²) in [4.78, 5) is 14.2. The van der Waals surface area contributed by atoms with Gasteiger partial charge in [0.25, 0.3) is 0 Å². The Labute approximate surface area is 115 Å².